The number of benzene rings is 1. The first-order valence-electron chi connectivity index (χ1n) is 8.75. The Labute approximate surface area is 143 Å². The highest BCUT2D eigenvalue weighted by Gasteiger charge is 2.33. The number of carboxylic acids is 1. The van der Waals surface area contributed by atoms with Gasteiger partial charge in [-0.3, -0.25) is 9.59 Å². The molecule has 0 saturated heterocycles. The van der Waals surface area contributed by atoms with Crippen molar-refractivity contribution in [3.05, 3.63) is 29.8 Å². The molecule has 132 valence electrons. The summed E-state index contributed by atoms with van der Waals surface area (Å²) in [7, 11) is 1.66. The zero-order valence-electron chi connectivity index (χ0n) is 14.3. The van der Waals surface area contributed by atoms with Gasteiger partial charge in [0.05, 0.1) is 13.0 Å². The third-order valence-electron chi connectivity index (χ3n) is 4.71. The maximum Gasteiger partial charge on any atom is 0.308 e. The van der Waals surface area contributed by atoms with Crippen LogP contribution in [0.4, 0.5) is 0 Å². The molecule has 0 bridgehead atoms. The SMILES string of the molecule is COc1ccc(CCCCCC(=O)N[C@@H]2CCC[C@@H]2C(=O)O)cc1. The maximum atomic E-state index is 12.0. The topological polar surface area (TPSA) is 75.6 Å². The monoisotopic (exact) mass is 333 g/mol. The van der Waals surface area contributed by atoms with Crippen LogP contribution in [0.15, 0.2) is 24.3 Å². The molecule has 24 heavy (non-hydrogen) atoms. The van der Waals surface area contributed by atoms with Crippen LogP contribution in [0, 0.1) is 5.92 Å². The van der Waals surface area contributed by atoms with Gasteiger partial charge in [-0.05, 0) is 49.8 Å². The fraction of sp³-hybridized carbons (Fsp3) is 0.579. The Kier molecular flexibility index (Phi) is 7.09. The molecule has 1 aliphatic rings. The fourth-order valence-electron chi connectivity index (χ4n) is 3.29. The molecule has 2 N–H and O–H groups in total. The quantitative estimate of drug-likeness (QED) is 0.681. The number of hydrogen-bond donors (Lipinski definition) is 2. The van der Waals surface area contributed by atoms with Crippen LogP contribution in [0.1, 0.15) is 50.5 Å². The molecule has 0 radical (unpaired) electrons. The van der Waals surface area contributed by atoms with Crippen LogP contribution < -0.4 is 10.1 Å². The van der Waals surface area contributed by atoms with Crippen molar-refractivity contribution in [2.24, 2.45) is 5.92 Å². The largest absolute Gasteiger partial charge is 0.497 e. The van der Waals surface area contributed by atoms with E-state index in [4.69, 9.17) is 9.84 Å². The third kappa shape index (κ3) is 5.55. The van der Waals surface area contributed by atoms with E-state index in [1.54, 1.807) is 7.11 Å². The number of unbranched alkanes of at least 4 members (excludes halogenated alkanes) is 2. The molecule has 1 aromatic rings. The number of hydrogen-bond acceptors (Lipinski definition) is 3. The molecule has 5 nitrogen and oxygen atoms in total. The summed E-state index contributed by atoms with van der Waals surface area (Å²) in [6.07, 6.45) is 6.67. The summed E-state index contributed by atoms with van der Waals surface area (Å²) in [5, 5.41) is 12.0. The minimum Gasteiger partial charge on any atom is -0.497 e. The molecule has 1 amide bonds. The normalized spacial score (nSPS) is 19.9. The molecular formula is C19H27NO4. The van der Waals surface area contributed by atoms with Gasteiger partial charge in [-0.2, -0.15) is 0 Å². The first-order chi connectivity index (χ1) is 11.6. The highest BCUT2D eigenvalue weighted by atomic mass is 16.5. The van der Waals surface area contributed by atoms with E-state index < -0.39 is 11.9 Å². The van der Waals surface area contributed by atoms with E-state index in [0.717, 1.165) is 44.3 Å². The zero-order valence-corrected chi connectivity index (χ0v) is 14.3. The lowest BCUT2D eigenvalue weighted by molar-refractivity contribution is -0.142. The number of aryl methyl sites for hydroxylation is 1. The van der Waals surface area contributed by atoms with Gasteiger partial charge in [0.1, 0.15) is 5.75 Å². The van der Waals surface area contributed by atoms with Crippen LogP contribution in [0.2, 0.25) is 0 Å². The zero-order chi connectivity index (χ0) is 17.4. The highest BCUT2D eigenvalue weighted by molar-refractivity contribution is 5.78. The Morgan fingerprint density at radius 2 is 1.92 bits per heavy atom. The number of amides is 1. The number of ether oxygens (including phenoxy) is 1. The van der Waals surface area contributed by atoms with Crippen LogP contribution in [-0.2, 0) is 16.0 Å². The molecule has 1 aliphatic carbocycles. The van der Waals surface area contributed by atoms with E-state index in [1.807, 2.05) is 12.1 Å². The van der Waals surface area contributed by atoms with Crippen molar-refractivity contribution < 1.29 is 19.4 Å². The highest BCUT2D eigenvalue weighted by Crippen LogP contribution is 2.26. The van der Waals surface area contributed by atoms with Gasteiger partial charge in [-0.1, -0.05) is 25.0 Å². The van der Waals surface area contributed by atoms with E-state index in [2.05, 4.69) is 17.4 Å². The number of carboxylic acid groups (broad SMARTS) is 1. The van der Waals surface area contributed by atoms with Gasteiger partial charge < -0.3 is 15.2 Å². The smallest absolute Gasteiger partial charge is 0.308 e. The van der Waals surface area contributed by atoms with Crippen molar-refractivity contribution in [2.45, 2.75) is 57.4 Å². The van der Waals surface area contributed by atoms with Gasteiger partial charge in [-0.25, -0.2) is 0 Å². The average Bonchev–Trinajstić information content (AvgIpc) is 3.03. The molecular weight excluding hydrogens is 306 g/mol. The van der Waals surface area contributed by atoms with Gasteiger partial charge in [0.15, 0.2) is 0 Å². The van der Waals surface area contributed by atoms with E-state index in [0.29, 0.717) is 12.8 Å². The first kappa shape index (κ1) is 18.3. The van der Waals surface area contributed by atoms with E-state index in [-0.39, 0.29) is 11.9 Å². The minimum absolute atomic E-state index is 0.0161. The number of aliphatic carboxylic acids is 1. The lowest BCUT2D eigenvalue weighted by Crippen LogP contribution is -2.40. The van der Waals surface area contributed by atoms with Gasteiger partial charge in [0, 0.05) is 12.5 Å². The second-order valence-corrected chi connectivity index (χ2v) is 6.46. The predicted molar refractivity (Wildman–Crippen MR) is 92.1 cm³/mol. The summed E-state index contributed by atoms with van der Waals surface area (Å²) >= 11 is 0. The van der Waals surface area contributed by atoms with Gasteiger partial charge in [-0.15, -0.1) is 0 Å². The third-order valence-corrected chi connectivity index (χ3v) is 4.71. The van der Waals surface area contributed by atoms with Crippen LogP contribution in [0.3, 0.4) is 0 Å². The van der Waals surface area contributed by atoms with Crippen LogP contribution in [-0.4, -0.2) is 30.1 Å². The van der Waals surface area contributed by atoms with Crippen LogP contribution in [0.25, 0.3) is 0 Å². The number of rotatable bonds is 9. The molecule has 0 heterocycles. The van der Waals surface area contributed by atoms with Crippen molar-refractivity contribution in [1.82, 2.24) is 5.32 Å². The molecule has 0 aliphatic heterocycles. The summed E-state index contributed by atoms with van der Waals surface area (Å²) in [5.41, 5.74) is 1.27. The van der Waals surface area contributed by atoms with Crippen molar-refractivity contribution >= 4 is 11.9 Å². The predicted octanol–water partition coefficient (Wildman–Crippen LogP) is 3.17. The van der Waals surface area contributed by atoms with E-state index in [9.17, 15) is 9.59 Å². The molecule has 2 rings (SSSR count). The first-order valence-corrected chi connectivity index (χ1v) is 8.75. The molecule has 5 heteroatoms. The van der Waals surface area contributed by atoms with Gasteiger partial charge >= 0.3 is 5.97 Å². The lowest BCUT2D eigenvalue weighted by atomic mass is 10.0. The summed E-state index contributed by atoms with van der Waals surface area (Å²) in [5.74, 6) is -0.360. The molecule has 2 atom stereocenters. The standard InChI is InChI=1S/C19H27NO4/c1-24-15-12-10-14(11-13-15)6-3-2-4-9-18(21)20-17-8-5-7-16(17)19(22)23/h10-13,16-17H,2-9H2,1H3,(H,20,21)(H,22,23)/t16-,17+/m0/s1. The van der Waals surface area contributed by atoms with Crippen LogP contribution in [0.5, 0.6) is 5.75 Å². The Morgan fingerprint density at radius 1 is 1.17 bits per heavy atom. The Bertz CT molecular complexity index is 541. The summed E-state index contributed by atoms with van der Waals surface area (Å²) in [6, 6.07) is 7.87. The number of nitrogens with one attached hydrogen (secondary N) is 1. The Hall–Kier alpha value is -2.04. The molecule has 1 saturated carbocycles. The molecule has 0 spiro atoms. The van der Waals surface area contributed by atoms with Crippen molar-refractivity contribution in [2.75, 3.05) is 7.11 Å². The summed E-state index contributed by atoms with van der Waals surface area (Å²) in [6.45, 7) is 0. The number of carbonyl (C=O) groups is 2. The van der Waals surface area contributed by atoms with Gasteiger partial charge in [0.2, 0.25) is 5.91 Å². The molecule has 0 aromatic heterocycles. The Morgan fingerprint density at radius 3 is 2.58 bits per heavy atom. The van der Waals surface area contributed by atoms with Crippen molar-refractivity contribution in [3.8, 4) is 5.75 Å². The van der Waals surface area contributed by atoms with Gasteiger partial charge in [0.25, 0.3) is 0 Å². The molecule has 1 aromatic carbocycles. The second-order valence-electron chi connectivity index (χ2n) is 6.46. The minimum atomic E-state index is -0.794. The Balaban J connectivity index is 1.59. The van der Waals surface area contributed by atoms with Crippen LogP contribution >= 0.6 is 0 Å². The summed E-state index contributed by atoms with van der Waals surface area (Å²) in [4.78, 5) is 23.1. The van der Waals surface area contributed by atoms with Crippen molar-refractivity contribution in [3.63, 3.8) is 0 Å². The second kappa shape index (κ2) is 9.30. The molecule has 0 unspecified atom stereocenters. The summed E-state index contributed by atoms with van der Waals surface area (Å²) < 4.78 is 5.13. The number of methoxy groups -OCH3 is 1. The average molecular weight is 333 g/mol. The fourth-order valence-corrected chi connectivity index (χ4v) is 3.29. The number of carbonyl (C=O) groups excluding carboxylic acids is 1. The molecule has 1 fully saturated rings. The maximum absolute atomic E-state index is 12.0. The lowest BCUT2D eigenvalue weighted by Gasteiger charge is -2.17. The van der Waals surface area contributed by atoms with E-state index >= 15 is 0 Å². The van der Waals surface area contributed by atoms with E-state index in [1.165, 1.54) is 5.56 Å². The van der Waals surface area contributed by atoms with Crippen molar-refractivity contribution in [1.29, 1.82) is 0 Å².